The molecular weight excluding hydrogens is 363 g/mol. The van der Waals surface area contributed by atoms with Gasteiger partial charge in [-0.05, 0) is 31.9 Å². The standard InChI is InChI=1S/C20H21FN4O3/c1-12(10-22)23-4-6-24(7-5-23)18-9-17-14(8-16(18)21)19(26)15(20(27)28)11-25(17)13-2-3-13/h8-9,11-13H,2-7H2,1H3,(H,27,28). The third kappa shape index (κ3) is 3.12. The number of hydrogen-bond acceptors (Lipinski definition) is 5. The SMILES string of the molecule is CC(C#N)N1CCN(c2cc3c(cc2F)c(=O)c(C(=O)O)cn3C2CC2)CC1. The maximum Gasteiger partial charge on any atom is 0.341 e. The number of pyridine rings is 1. The minimum absolute atomic E-state index is 0.102. The smallest absolute Gasteiger partial charge is 0.341 e. The summed E-state index contributed by atoms with van der Waals surface area (Å²) in [7, 11) is 0. The van der Waals surface area contributed by atoms with Crippen LogP contribution < -0.4 is 10.3 Å². The molecule has 4 rings (SSSR count). The van der Waals surface area contributed by atoms with Crippen LogP contribution in [-0.4, -0.2) is 52.8 Å². The van der Waals surface area contributed by atoms with Crippen LogP contribution in [0.1, 0.15) is 36.2 Å². The number of piperazine rings is 1. The summed E-state index contributed by atoms with van der Waals surface area (Å²) in [5.41, 5.74) is -0.00136. The van der Waals surface area contributed by atoms with E-state index >= 15 is 0 Å². The van der Waals surface area contributed by atoms with Crippen LogP contribution in [0.5, 0.6) is 0 Å². The molecule has 1 aromatic carbocycles. The second-order valence-electron chi connectivity index (χ2n) is 7.46. The van der Waals surface area contributed by atoms with Gasteiger partial charge in [0.2, 0.25) is 5.43 Å². The van der Waals surface area contributed by atoms with E-state index in [0.717, 1.165) is 12.8 Å². The Morgan fingerprint density at radius 3 is 2.54 bits per heavy atom. The molecule has 2 heterocycles. The van der Waals surface area contributed by atoms with Crippen molar-refractivity contribution in [2.45, 2.75) is 31.8 Å². The first-order valence-electron chi connectivity index (χ1n) is 9.41. The molecule has 1 unspecified atom stereocenters. The van der Waals surface area contributed by atoms with Crippen LogP contribution in [0.4, 0.5) is 10.1 Å². The third-order valence-corrected chi connectivity index (χ3v) is 5.66. The molecule has 1 saturated heterocycles. The quantitative estimate of drug-likeness (QED) is 0.869. The summed E-state index contributed by atoms with van der Waals surface area (Å²) < 4.78 is 16.7. The number of nitrogens with zero attached hydrogens (tertiary/aromatic N) is 4. The molecule has 1 N–H and O–H groups in total. The van der Waals surface area contributed by atoms with E-state index in [2.05, 4.69) is 11.0 Å². The molecule has 0 bridgehead atoms. The summed E-state index contributed by atoms with van der Waals surface area (Å²) in [5, 5.41) is 18.5. The Balaban J connectivity index is 1.76. The Morgan fingerprint density at radius 2 is 1.96 bits per heavy atom. The van der Waals surface area contributed by atoms with Gasteiger partial charge in [0.25, 0.3) is 0 Å². The number of hydrogen-bond donors (Lipinski definition) is 1. The molecule has 2 aromatic rings. The Hall–Kier alpha value is -2.92. The summed E-state index contributed by atoms with van der Waals surface area (Å²) in [6, 6.07) is 5.02. The van der Waals surface area contributed by atoms with Gasteiger partial charge < -0.3 is 14.6 Å². The number of carboxylic acids is 1. The van der Waals surface area contributed by atoms with Crippen LogP contribution in [0.25, 0.3) is 10.9 Å². The highest BCUT2D eigenvalue weighted by molar-refractivity contribution is 5.93. The lowest BCUT2D eigenvalue weighted by molar-refractivity contribution is 0.0695. The van der Waals surface area contributed by atoms with Crippen LogP contribution in [0.2, 0.25) is 0 Å². The number of fused-ring (bicyclic) bond motifs is 1. The Morgan fingerprint density at radius 1 is 1.29 bits per heavy atom. The van der Waals surface area contributed by atoms with E-state index in [1.165, 1.54) is 12.3 Å². The van der Waals surface area contributed by atoms with E-state index in [0.29, 0.717) is 37.4 Å². The molecule has 1 aliphatic heterocycles. The number of nitriles is 1. The number of aromatic carboxylic acids is 1. The minimum Gasteiger partial charge on any atom is -0.477 e. The third-order valence-electron chi connectivity index (χ3n) is 5.66. The average Bonchev–Trinajstić information content (AvgIpc) is 3.52. The van der Waals surface area contributed by atoms with Gasteiger partial charge in [0.05, 0.1) is 23.3 Å². The first-order valence-corrected chi connectivity index (χ1v) is 9.41. The van der Waals surface area contributed by atoms with Crippen molar-refractivity contribution < 1.29 is 14.3 Å². The van der Waals surface area contributed by atoms with Crippen molar-refractivity contribution in [3.05, 3.63) is 39.9 Å². The maximum absolute atomic E-state index is 14.9. The predicted octanol–water partition coefficient (Wildman–Crippen LogP) is 2.21. The number of rotatable bonds is 4. The van der Waals surface area contributed by atoms with Crippen molar-refractivity contribution >= 4 is 22.6 Å². The van der Waals surface area contributed by atoms with Gasteiger partial charge in [-0.1, -0.05) is 0 Å². The molecule has 0 radical (unpaired) electrons. The molecule has 7 nitrogen and oxygen atoms in total. The van der Waals surface area contributed by atoms with E-state index in [4.69, 9.17) is 5.26 Å². The van der Waals surface area contributed by atoms with Gasteiger partial charge in [-0.25, -0.2) is 9.18 Å². The van der Waals surface area contributed by atoms with Gasteiger partial charge in [-0.15, -0.1) is 0 Å². The van der Waals surface area contributed by atoms with Crippen LogP contribution in [0.15, 0.2) is 23.1 Å². The minimum atomic E-state index is -1.30. The van der Waals surface area contributed by atoms with Crippen LogP contribution in [-0.2, 0) is 0 Å². The lowest BCUT2D eigenvalue weighted by Gasteiger charge is -2.37. The van der Waals surface area contributed by atoms with Crippen molar-refractivity contribution in [1.29, 1.82) is 5.26 Å². The molecule has 146 valence electrons. The summed E-state index contributed by atoms with van der Waals surface area (Å²) in [5.74, 6) is -1.83. The fourth-order valence-corrected chi connectivity index (χ4v) is 3.84. The number of halogens is 1. The first kappa shape index (κ1) is 18.4. The number of aromatic nitrogens is 1. The van der Waals surface area contributed by atoms with Crippen LogP contribution in [0, 0.1) is 17.1 Å². The first-order chi connectivity index (χ1) is 13.4. The lowest BCUT2D eigenvalue weighted by atomic mass is 10.1. The van der Waals surface area contributed by atoms with E-state index in [9.17, 15) is 19.1 Å². The normalized spacial score (nSPS) is 18.8. The molecule has 0 spiro atoms. The van der Waals surface area contributed by atoms with Gasteiger partial charge in [0.15, 0.2) is 0 Å². The van der Waals surface area contributed by atoms with Crippen molar-refractivity contribution in [3.8, 4) is 6.07 Å². The lowest BCUT2D eigenvalue weighted by Crippen LogP contribution is -2.49. The summed E-state index contributed by atoms with van der Waals surface area (Å²) in [6.07, 6.45) is 3.21. The van der Waals surface area contributed by atoms with E-state index in [1.54, 1.807) is 10.6 Å². The average molecular weight is 384 g/mol. The molecule has 28 heavy (non-hydrogen) atoms. The second kappa shape index (κ2) is 6.91. The fourth-order valence-electron chi connectivity index (χ4n) is 3.84. The molecule has 0 amide bonds. The highest BCUT2D eigenvalue weighted by atomic mass is 19.1. The van der Waals surface area contributed by atoms with Gasteiger partial charge >= 0.3 is 5.97 Å². The fraction of sp³-hybridized carbons (Fsp3) is 0.450. The highest BCUT2D eigenvalue weighted by Gasteiger charge is 2.29. The molecule has 8 heteroatoms. The van der Waals surface area contributed by atoms with Gasteiger partial charge in [0, 0.05) is 43.8 Å². The Labute approximate surface area is 161 Å². The van der Waals surface area contributed by atoms with Gasteiger partial charge in [0.1, 0.15) is 11.4 Å². The number of carbonyl (C=O) groups is 1. The Bertz CT molecular complexity index is 1050. The zero-order chi connectivity index (χ0) is 20.0. The van der Waals surface area contributed by atoms with Crippen molar-refractivity contribution in [2.24, 2.45) is 0 Å². The zero-order valence-corrected chi connectivity index (χ0v) is 15.6. The number of anilines is 1. The Kier molecular flexibility index (Phi) is 4.55. The molecule has 1 aromatic heterocycles. The molecule has 1 aliphatic carbocycles. The highest BCUT2D eigenvalue weighted by Crippen LogP contribution is 2.38. The second-order valence-corrected chi connectivity index (χ2v) is 7.46. The summed E-state index contributed by atoms with van der Waals surface area (Å²) >= 11 is 0. The van der Waals surface area contributed by atoms with Crippen molar-refractivity contribution in [2.75, 3.05) is 31.1 Å². The van der Waals surface area contributed by atoms with Gasteiger partial charge in [-0.2, -0.15) is 5.26 Å². The molecule has 1 saturated carbocycles. The predicted molar refractivity (Wildman–Crippen MR) is 102 cm³/mol. The van der Waals surface area contributed by atoms with Crippen molar-refractivity contribution in [1.82, 2.24) is 9.47 Å². The van der Waals surface area contributed by atoms with Crippen molar-refractivity contribution in [3.63, 3.8) is 0 Å². The number of benzene rings is 1. The largest absolute Gasteiger partial charge is 0.477 e. The van der Waals surface area contributed by atoms with Crippen LogP contribution >= 0.6 is 0 Å². The van der Waals surface area contributed by atoms with E-state index in [-0.39, 0.29) is 23.0 Å². The molecule has 2 fully saturated rings. The molecule has 2 aliphatic rings. The monoisotopic (exact) mass is 384 g/mol. The summed E-state index contributed by atoms with van der Waals surface area (Å²) in [6.45, 7) is 4.31. The molecular formula is C20H21FN4O3. The molecule has 1 atom stereocenters. The maximum atomic E-state index is 14.9. The van der Waals surface area contributed by atoms with E-state index < -0.39 is 17.2 Å². The zero-order valence-electron chi connectivity index (χ0n) is 15.6. The number of carboxylic acid groups (broad SMARTS) is 1. The van der Waals surface area contributed by atoms with Gasteiger partial charge in [-0.3, -0.25) is 9.69 Å². The summed E-state index contributed by atoms with van der Waals surface area (Å²) in [4.78, 5) is 27.9. The van der Waals surface area contributed by atoms with E-state index in [1.807, 2.05) is 11.8 Å². The van der Waals surface area contributed by atoms with Crippen LogP contribution in [0.3, 0.4) is 0 Å². The topological polar surface area (TPSA) is 89.6 Å².